The number of nitriles is 1. The van der Waals surface area contributed by atoms with Gasteiger partial charge < -0.3 is 4.18 Å². The Morgan fingerprint density at radius 1 is 1.09 bits per heavy atom. The summed E-state index contributed by atoms with van der Waals surface area (Å²) in [4.78, 5) is 0. The van der Waals surface area contributed by atoms with Crippen molar-refractivity contribution in [1.82, 2.24) is 0 Å². The SMILES string of the molecule is N#Cc1cccc(CS(=O)(=O)Oc2ccc3c(c2)CCC3)c1. The Morgan fingerprint density at radius 2 is 1.91 bits per heavy atom. The van der Waals surface area contributed by atoms with Crippen LogP contribution in [0.2, 0.25) is 0 Å². The molecule has 0 heterocycles. The molecular weight excluding hydrogens is 298 g/mol. The molecule has 112 valence electrons. The van der Waals surface area contributed by atoms with Gasteiger partial charge in [-0.25, -0.2) is 0 Å². The van der Waals surface area contributed by atoms with E-state index in [0.717, 1.165) is 19.3 Å². The molecule has 0 saturated heterocycles. The van der Waals surface area contributed by atoms with Crippen LogP contribution >= 0.6 is 0 Å². The Hall–Kier alpha value is -2.32. The van der Waals surface area contributed by atoms with Crippen molar-refractivity contribution >= 4 is 10.1 Å². The van der Waals surface area contributed by atoms with Gasteiger partial charge in [-0.3, -0.25) is 0 Å². The maximum absolute atomic E-state index is 12.2. The van der Waals surface area contributed by atoms with Crippen LogP contribution in [0, 0.1) is 11.3 Å². The molecule has 0 fully saturated rings. The molecule has 0 aliphatic heterocycles. The van der Waals surface area contributed by atoms with Crippen molar-refractivity contribution < 1.29 is 12.6 Å². The van der Waals surface area contributed by atoms with Gasteiger partial charge in [0, 0.05) is 0 Å². The lowest BCUT2D eigenvalue weighted by molar-refractivity contribution is 0.485. The van der Waals surface area contributed by atoms with Crippen LogP contribution in [0.25, 0.3) is 0 Å². The minimum absolute atomic E-state index is 0.250. The van der Waals surface area contributed by atoms with Crippen molar-refractivity contribution in [1.29, 1.82) is 5.26 Å². The molecule has 1 aliphatic rings. The molecule has 0 amide bonds. The molecule has 2 aromatic carbocycles. The topological polar surface area (TPSA) is 67.2 Å². The van der Waals surface area contributed by atoms with Gasteiger partial charge in [-0.05, 0) is 60.2 Å². The van der Waals surface area contributed by atoms with Crippen LogP contribution < -0.4 is 4.18 Å². The lowest BCUT2D eigenvalue weighted by atomic mass is 10.1. The number of benzene rings is 2. The summed E-state index contributed by atoms with van der Waals surface area (Å²) < 4.78 is 29.5. The Labute approximate surface area is 130 Å². The number of hydrogen-bond acceptors (Lipinski definition) is 4. The molecule has 0 aromatic heterocycles. The summed E-state index contributed by atoms with van der Waals surface area (Å²) in [5, 5.41) is 8.85. The molecule has 0 N–H and O–H groups in total. The number of aryl methyl sites for hydroxylation is 2. The average Bonchev–Trinajstić information content (AvgIpc) is 2.94. The van der Waals surface area contributed by atoms with Gasteiger partial charge in [0.05, 0.1) is 11.6 Å². The Bertz CT molecular complexity index is 850. The number of fused-ring (bicyclic) bond motifs is 1. The van der Waals surface area contributed by atoms with E-state index < -0.39 is 10.1 Å². The van der Waals surface area contributed by atoms with Crippen molar-refractivity contribution in [3.05, 3.63) is 64.7 Å². The Morgan fingerprint density at radius 3 is 2.73 bits per heavy atom. The highest BCUT2D eigenvalue weighted by molar-refractivity contribution is 7.86. The standard InChI is InChI=1S/C17H15NO3S/c18-11-13-3-1-4-14(9-13)12-22(19,20)21-17-8-7-15-5-2-6-16(15)10-17/h1,3-4,7-10H,2,5-6,12H2. The number of hydrogen-bond donors (Lipinski definition) is 0. The van der Waals surface area contributed by atoms with Crippen LogP contribution in [0.5, 0.6) is 5.75 Å². The highest BCUT2D eigenvalue weighted by Crippen LogP contribution is 2.27. The van der Waals surface area contributed by atoms with Gasteiger partial charge in [0.15, 0.2) is 0 Å². The van der Waals surface area contributed by atoms with Crippen molar-refractivity contribution in [2.24, 2.45) is 0 Å². The zero-order valence-electron chi connectivity index (χ0n) is 12.0. The molecule has 4 nitrogen and oxygen atoms in total. The molecule has 22 heavy (non-hydrogen) atoms. The van der Waals surface area contributed by atoms with E-state index in [4.69, 9.17) is 9.44 Å². The first-order valence-corrected chi connectivity index (χ1v) is 8.66. The molecule has 0 spiro atoms. The molecule has 5 heteroatoms. The van der Waals surface area contributed by atoms with Gasteiger partial charge in [0.2, 0.25) is 0 Å². The van der Waals surface area contributed by atoms with Crippen LogP contribution in [-0.2, 0) is 28.7 Å². The molecule has 0 radical (unpaired) electrons. The van der Waals surface area contributed by atoms with Gasteiger partial charge in [-0.15, -0.1) is 0 Å². The molecule has 3 rings (SSSR count). The van der Waals surface area contributed by atoms with Gasteiger partial charge in [-0.2, -0.15) is 13.7 Å². The normalized spacial score (nSPS) is 13.4. The summed E-state index contributed by atoms with van der Waals surface area (Å²) in [5.74, 6) is 0.108. The molecule has 0 unspecified atom stereocenters. The number of rotatable bonds is 4. The molecular formula is C17H15NO3S. The zero-order chi connectivity index (χ0) is 15.6. The van der Waals surface area contributed by atoms with Crippen LogP contribution in [0.3, 0.4) is 0 Å². The van der Waals surface area contributed by atoms with Crippen LogP contribution in [0.1, 0.15) is 28.7 Å². The highest BCUT2D eigenvalue weighted by atomic mass is 32.2. The molecule has 0 atom stereocenters. The van der Waals surface area contributed by atoms with Crippen molar-refractivity contribution in [2.45, 2.75) is 25.0 Å². The van der Waals surface area contributed by atoms with E-state index in [0.29, 0.717) is 16.9 Å². The lowest BCUT2D eigenvalue weighted by Crippen LogP contribution is -2.12. The van der Waals surface area contributed by atoms with Crippen molar-refractivity contribution in [3.63, 3.8) is 0 Å². The maximum Gasteiger partial charge on any atom is 0.313 e. The minimum Gasteiger partial charge on any atom is -0.382 e. The van der Waals surface area contributed by atoms with Gasteiger partial charge >= 0.3 is 10.1 Å². The monoisotopic (exact) mass is 313 g/mol. The van der Waals surface area contributed by atoms with E-state index in [1.165, 1.54) is 11.1 Å². The largest absolute Gasteiger partial charge is 0.382 e. The molecule has 0 bridgehead atoms. The predicted molar refractivity (Wildman–Crippen MR) is 82.9 cm³/mol. The summed E-state index contributed by atoms with van der Waals surface area (Å²) in [6.45, 7) is 0. The van der Waals surface area contributed by atoms with Gasteiger partial charge in [0.1, 0.15) is 11.5 Å². The van der Waals surface area contributed by atoms with Crippen LogP contribution in [0.4, 0.5) is 0 Å². The third-order valence-electron chi connectivity index (χ3n) is 3.69. The Kier molecular flexibility index (Phi) is 3.86. The van der Waals surface area contributed by atoms with E-state index in [2.05, 4.69) is 0 Å². The molecule has 0 saturated carbocycles. The van der Waals surface area contributed by atoms with E-state index >= 15 is 0 Å². The molecule has 2 aromatic rings. The zero-order valence-corrected chi connectivity index (χ0v) is 12.8. The van der Waals surface area contributed by atoms with E-state index in [-0.39, 0.29) is 5.75 Å². The average molecular weight is 313 g/mol. The van der Waals surface area contributed by atoms with E-state index in [9.17, 15) is 8.42 Å². The predicted octanol–water partition coefficient (Wildman–Crippen LogP) is 2.96. The smallest absolute Gasteiger partial charge is 0.313 e. The molecule has 1 aliphatic carbocycles. The summed E-state index contributed by atoms with van der Waals surface area (Å²) in [7, 11) is -3.74. The van der Waals surface area contributed by atoms with Crippen LogP contribution in [0.15, 0.2) is 42.5 Å². The quantitative estimate of drug-likeness (QED) is 0.814. The fourth-order valence-electron chi connectivity index (χ4n) is 2.71. The third-order valence-corrected chi connectivity index (χ3v) is 4.83. The summed E-state index contributed by atoms with van der Waals surface area (Å²) in [5.41, 5.74) is 3.41. The fraction of sp³-hybridized carbons (Fsp3) is 0.235. The number of nitrogens with zero attached hydrogens (tertiary/aromatic N) is 1. The fourth-order valence-corrected chi connectivity index (χ4v) is 3.75. The summed E-state index contributed by atoms with van der Waals surface area (Å²) in [6.07, 6.45) is 3.12. The lowest BCUT2D eigenvalue weighted by Gasteiger charge is -2.09. The van der Waals surface area contributed by atoms with E-state index in [1.807, 2.05) is 18.2 Å². The van der Waals surface area contributed by atoms with Crippen molar-refractivity contribution in [2.75, 3.05) is 0 Å². The first-order valence-electron chi connectivity index (χ1n) is 7.09. The van der Waals surface area contributed by atoms with Gasteiger partial charge in [0.25, 0.3) is 0 Å². The summed E-state index contributed by atoms with van der Waals surface area (Å²) >= 11 is 0. The maximum atomic E-state index is 12.2. The second-order valence-electron chi connectivity index (χ2n) is 5.38. The first-order chi connectivity index (χ1) is 10.6. The van der Waals surface area contributed by atoms with E-state index in [1.54, 1.807) is 30.3 Å². The third kappa shape index (κ3) is 3.29. The van der Waals surface area contributed by atoms with Crippen molar-refractivity contribution in [3.8, 4) is 11.8 Å². The van der Waals surface area contributed by atoms with Gasteiger partial charge in [-0.1, -0.05) is 18.2 Å². The minimum atomic E-state index is -3.74. The second kappa shape index (κ2) is 5.82. The second-order valence-corrected chi connectivity index (χ2v) is 6.95. The van der Waals surface area contributed by atoms with Crippen LogP contribution in [-0.4, -0.2) is 8.42 Å². The highest BCUT2D eigenvalue weighted by Gasteiger charge is 2.17. The Balaban J connectivity index is 1.77. The first kappa shape index (κ1) is 14.6. The summed E-state index contributed by atoms with van der Waals surface area (Å²) in [6, 6.07) is 14.0.